The van der Waals surface area contributed by atoms with Crippen molar-refractivity contribution in [3.05, 3.63) is 35.9 Å². The summed E-state index contributed by atoms with van der Waals surface area (Å²) in [6.07, 6.45) is 2.57. The van der Waals surface area contributed by atoms with Crippen LogP contribution in [0.25, 0.3) is 0 Å². The van der Waals surface area contributed by atoms with Crippen molar-refractivity contribution in [2.75, 3.05) is 19.7 Å². The van der Waals surface area contributed by atoms with Gasteiger partial charge >= 0.3 is 0 Å². The zero-order valence-corrected chi connectivity index (χ0v) is 13.2. The largest absolute Gasteiger partial charge is 0.379 e. The van der Waals surface area contributed by atoms with Crippen LogP contribution in [-0.4, -0.2) is 31.0 Å². The van der Waals surface area contributed by atoms with Crippen molar-refractivity contribution in [3.8, 4) is 0 Å². The Morgan fingerprint density at radius 2 is 2.10 bits per heavy atom. The number of amidine groups is 1. The SMILES string of the molecule is CC(C)OCCCCNC1=NCC(c2ccccc2)S1. The lowest BCUT2D eigenvalue weighted by molar-refractivity contribution is 0.0762. The number of nitrogens with one attached hydrogen (secondary N) is 1. The van der Waals surface area contributed by atoms with E-state index in [1.807, 2.05) is 11.8 Å². The normalized spacial score (nSPS) is 18.4. The summed E-state index contributed by atoms with van der Waals surface area (Å²) in [5.41, 5.74) is 1.36. The maximum absolute atomic E-state index is 5.53. The first-order chi connectivity index (χ1) is 9.75. The zero-order valence-electron chi connectivity index (χ0n) is 12.3. The predicted octanol–water partition coefficient (Wildman–Crippen LogP) is 3.63. The Bertz CT molecular complexity index is 420. The Hall–Kier alpha value is -1.00. The summed E-state index contributed by atoms with van der Waals surface area (Å²) in [5, 5.41) is 4.99. The van der Waals surface area contributed by atoms with Gasteiger partial charge in [0.25, 0.3) is 0 Å². The van der Waals surface area contributed by atoms with E-state index in [1.54, 1.807) is 0 Å². The predicted molar refractivity (Wildman–Crippen MR) is 87.4 cm³/mol. The number of ether oxygens (including phenoxy) is 1. The lowest BCUT2D eigenvalue weighted by Gasteiger charge is -2.10. The van der Waals surface area contributed by atoms with E-state index in [2.05, 4.69) is 54.5 Å². The smallest absolute Gasteiger partial charge is 0.157 e. The number of thioether (sulfide) groups is 1. The van der Waals surface area contributed by atoms with Crippen LogP contribution in [0, 0.1) is 0 Å². The molecule has 0 amide bonds. The molecule has 1 unspecified atom stereocenters. The van der Waals surface area contributed by atoms with Gasteiger partial charge in [0, 0.05) is 13.2 Å². The number of hydrogen-bond donors (Lipinski definition) is 1. The van der Waals surface area contributed by atoms with E-state index in [0.717, 1.165) is 37.7 Å². The van der Waals surface area contributed by atoms with E-state index >= 15 is 0 Å². The van der Waals surface area contributed by atoms with E-state index in [4.69, 9.17) is 4.74 Å². The zero-order chi connectivity index (χ0) is 14.2. The highest BCUT2D eigenvalue weighted by molar-refractivity contribution is 8.14. The van der Waals surface area contributed by atoms with Crippen molar-refractivity contribution in [1.29, 1.82) is 0 Å². The molecule has 0 spiro atoms. The van der Waals surface area contributed by atoms with Crippen molar-refractivity contribution < 1.29 is 4.74 Å². The molecule has 1 N–H and O–H groups in total. The van der Waals surface area contributed by atoms with Crippen LogP contribution in [0.4, 0.5) is 0 Å². The van der Waals surface area contributed by atoms with Crippen molar-refractivity contribution in [1.82, 2.24) is 5.32 Å². The molecule has 0 aliphatic carbocycles. The van der Waals surface area contributed by atoms with Crippen LogP contribution in [0.1, 0.15) is 37.5 Å². The molecule has 4 heteroatoms. The van der Waals surface area contributed by atoms with Crippen LogP contribution in [0.15, 0.2) is 35.3 Å². The fourth-order valence-electron chi connectivity index (χ4n) is 2.06. The van der Waals surface area contributed by atoms with E-state index < -0.39 is 0 Å². The third kappa shape index (κ3) is 5.17. The molecule has 1 aliphatic heterocycles. The lowest BCUT2D eigenvalue weighted by Crippen LogP contribution is -2.20. The average molecular weight is 292 g/mol. The Labute approximate surface area is 126 Å². The average Bonchev–Trinajstić information content (AvgIpc) is 2.92. The summed E-state index contributed by atoms with van der Waals surface area (Å²) in [6.45, 7) is 6.87. The molecule has 0 saturated heterocycles. The van der Waals surface area contributed by atoms with Gasteiger partial charge in [0.2, 0.25) is 0 Å². The molecule has 1 aromatic carbocycles. The van der Waals surface area contributed by atoms with Crippen LogP contribution in [-0.2, 0) is 4.74 Å². The van der Waals surface area contributed by atoms with Gasteiger partial charge in [-0.1, -0.05) is 42.1 Å². The number of aliphatic imine (C=N–C) groups is 1. The number of unbranched alkanes of at least 4 members (excludes halogenated alkanes) is 1. The first-order valence-electron chi connectivity index (χ1n) is 7.37. The molecule has 2 rings (SSSR count). The molecule has 0 aromatic heterocycles. The molecule has 20 heavy (non-hydrogen) atoms. The Morgan fingerprint density at radius 1 is 1.30 bits per heavy atom. The number of nitrogens with zero attached hydrogens (tertiary/aromatic N) is 1. The van der Waals surface area contributed by atoms with Crippen molar-refractivity contribution in [3.63, 3.8) is 0 Å². The van der Waals surface area contributed by atoms with Gasteiger partial charge in [-0.05, 0) is 32.3 Å². The van der Waals surface area contributed by atoms with Crippen LogP contribution in [0.3, 0.4) is 0 Å². The summed E-state index contributed by atoms with van der Waals surface area (Å²) in [5.74, 6) is 0. The fourth-order valence-corrected chi connectivity index (χ4v) is 3.10. The molecule has 1 atom stereocenters. The van der Waals surface area contributed by atoms with Crippen molar-refractivity contribution in [2.24, 2.45) is 4.99 Å². The number of rotatable bonds is 7. The standard InChI is InChI=1S/C16H24N2OS/c1-13(2)19-11-7-6-10-17-16-18-12-15(20-16)14-8-4-3-5-9-14/h3-5,8-9,13,15H,6-7,10-12H2,1-2H3,(H,17,18). The minimum atomic E-state index is 0.337. The first kappa shape index (κ1) is 15.4. The maximum atomic E-state index is 5.53. The molecule has 0 radical (unpaired) electrons. The number of hydrogen-bond acceptors (Lipinski definition) is 4. The second kappa shape index (κ2) is 8.32. The lowest BCUT2D eigenvalue weighted by atomic mass is 10.1. The van der Waals surface area contributed by atoms with Gasteiger partial charge < -0.3 is 10.1 Å². The van der Waals surface area contributed by atoms with E-state index in [1.165, 1.54) is 5.56 Å². The van der Waals surface area contributed by atoms with Crippen LogP contribution >= 0.6 is 11.8 Å². The third-order valence-electron chi connectivity index (χ3n) is 3.12. The van der Waals surface area contributed by atoms with Gasteiger partial charge in [-0.3, -0.25) is 4.99 Å². The van der Waals surface area contributed by atoms with Gasteiger partial charge in [-0.2, -0.15) is 0 Å². The van der Waals surface area contributed by atoms with Gasteiger partial charge in [-0.15, -0.1) is 0 Å². The van der Waals surface area contributed by atoms with Crippen molar-refractivity contribution >= 4 is 16.9 Å². The van der Waals surface area contributed by atoms with Gasteiger partial charge in [-0.25, -0.2) is 0 Å². The Balaban J connectivity index is 1.59. The highest BCUT2D eigenvalue weighted by Crippen LogP contribution is 2.33. The summed E-state index contributed by atoms with van der Waals surface area (Å²) in [4.78, 5) is 4.58. The van der Waals surface area contributed by atoms with E-state index in [-0.39, 0.29) is 0 Å². The van der Waals surface area contributed by atoms with E-state index in [0.29, 0.717) is 11.4 Å². The molecule has 0 fully saturated rings. The molecule has 1 heterocycles. The monoisotopic (exact) mass is 292 g/mol. The summed E-state index contributed by atoms with van der Waals surface area (Å²) in [6, 6.07) is 10.6. The topological polar surface area (TPSA) is 33.6 Å². The van der Waals surface area contributed by atoms with Gasteiger partial charge in [0.15, 0.2) is 5.17 Å². The summed E-state index contributed by atoms with van der Waals surface area (Å²) in [7, 11) is 0. The number of benzene rings is 1. The molecule has 0 bridgehead atoms. The second-order valence-electron chi connectivity index (χ2n) is 5.22. The molecule has 3 nitrogen and oxygen atoms in total. The van der Waals surface area contributed by atoms with Crippen LogP contribution < -0.4 is 5.32 Å². The van der Waals surface area contributed by atoms with Crippen LogP contribution in [0.2, 0.25) is 0 Å². The third-order valence-corrected chi connectivity index (χ3v) is 4.33. The van der Waals surface area contributed by atoms with Gasteiger partial charge in [0.1, 0.15) is 0 Å². The molecular weight excluding hydrogens is 268 g/mol. The van der Waals surface area contributed by atoms with Crippen molar-refractivity contribution in [2.45, 2.75) is 38.0 Å². The second-order valence-corrected chi connectivity index (χ2v) is 6.41. The van der Waals surface area contributed by atoms with Gasteiger partial charge in [0.05, 0.1) is 17.9 Å². The molecule has 0 saturated carbocycles. The summed E-state index contributed by atoms with van der Waals surface area (Å²) < 4.78 is 5.53. The maximum Gasteiger partial charge on any atom is 0.157 e. The Morgan fingerprint density at radius 3 is 2.85 bits per heavy atom. The summed E-state index contributed by atoms with van der Waals surface area (Å²) >= 11 is 1.84. The first-order valence-corrected chi connectivity index (χ1v) is 8.25. The molecule has 110 valence electrons. The minimum absolute atomic E-state index is 0.337. The fraction of sp³-hybridized carbons (Fsp3) is 0.562. The quantitative estimate of drug-likeness (QED) is 0.779. The van der Waals surface area contributed by atoms with E-state index in [9.17, 15) is 0 Å². The molecule has 1 aromatic rings. The molecule has 1 aliphatic rings. The highest BCUT2D eigenvalue weighted by atomic mass is 32.2. The minimum Gasteiger partial charge on any atom is -0.379 e. The highest BCUT2D eigenvalue weighted by Gasteiger charge is 2.20. The Kier molecular flexibility index (Phi) is 6.40. The molecular formula is C16H24N2OS. The van der Waals surface area contributed by atoms with Crippen LogP contribution in [0.5, 0.6) is 0 Å².